The standard InChI is InChI=1S/C40H46F2N2O5/c1-25(2)36-35(38(46)43-30-19-17-29(42)18-20-30)34(26-11-9-8-10-12-26)37(27-13-15-28(41)16-14-27)44(36)22-21-31-23-32(48-40(6,7)47-31)24-33(45)49-39(3,4)5/h8-20,25,31-32H,21-24H2,1-7H3,(H,43,46)/t31-,32-/m1/s1. The molecule has 260 valence electrons. The summed E-state index contributed by atoms with van der Waals surface area (Å²) in [5.74, 6) is -2.46. The van der Waals surface area contributed by atoms with Gasteiger partial charge in [-0.1, -0.05) is 44.2 Å². The van der Waals surface area contributed by atoms with E-state index in [4.69, 9.17) is 14.2 Å². The third kappa shape index (κ3) is 9.02. The summed E-state index contributed by atoms with van der Waals surface area (Å²) < 4.78 is 48.2. The minimum atomic E-state index is -0.928. The maximum Gasteiger partial charge on any atom is 0.308 e. The Labute approximate surface area is 287 Å². The number of benzene rings is 3. The van der Waals surface area contributed by atoms with Gasteiger partial charge in [0, 0.05) is 29.9 Å². The van der Waals surface area contributed by atoms with Crippen LogP contribution in [0, 0.1) is 11.6 Å². The van der Waals surface area contributed by atoms with Crippen molar-refractivity contribution in [2.75, 3.05) is 5.32 Å². The summed E-state index contributed by atoms with van der Waals surface area (Å²) in [6.45, 7) is 13.7. The van der Waals surface area contributed by atoms with Crippen molar-refractivity contribution < 1.29 is 32.6 Å². The lowest BCUT2D eigenvalue weighted by Gasteiger charge is -2.41. The van der Waals surface area contributed by atoms with Crippen molar-refractivity contribution in [2.24, 2.45) is 0 Å². The van der Waals surface area contributed by atoms with Gasteiger partial charge in [-0.25, -0.2) is 8.78 Å². The summed E-state index contributed by atoms with van der Waals surface area (Å²) in [5.41, 5.74) is 4.21. The highest BCUT2D eigenvalue weighted by atomic mass is 19.1. The van der Waals surface area contributed by atoms with E-state index in [-0.39, 0.29) is 36.1 Å². The van der Waals surface area contributed by atoms with E-state index in [1.165, 1.54) is 36.4 Å². The molecule has 1 aliphatic rings. The summed E-state index contributed by atoms with van der Waals surface area (Å²) in [6.07, 6.45) is 0.472. The summed E-state index contributed by atoms with van der Waals surface area (Å²) in [7, 11) is 0. The highest BCUT2D eigenvalue weighted by Crippen LogP contribution is 2.43. The van der Waals surface area contributed by atoms with Gasteiger partial charge in [-0.2, -0.15) is 0 Å². The maximum atomic E-state index is 14.3. The Balaban J connectivity index is 1.59. The molecular formula is C40H46F2N2O5. The van der Waals surface area contributed by atoms with E-state index in [0.29, 0.717) is 36.2 Å². The Morgan fingerprint density at radius 2 is 1.49 bits per heavy atom. The van der Waals surface area contributed by atoms with Crippen LogP contribution >= 0.6 is 0 Å². The van der Waals surface area contributed by atoms with Crippen LogP contribution < -0.4 is 5.32 Å². The number of aromatic nitrogens is 1. The summed E-state index contributed by atoms with van der Waals surface area (Å²) in [5, 5.41) is 2.98. The molecule has 0 aliphatic carbocycles. The van der Waals surface area contributed by atoms with Gasteiger partial charge in [0.25, 0.3) is 5.91 Å². The van der Waals surface area contributed by atoms with E-state index in [2.05, 4.69) is 9.88 Å². The number of amides is 1. The third-order valence-electron chi connectivity index (χ3n) is 8.28. The second kappa shape index (κ2) is 14.6. The summed E-state index contributed by atoms with van der Waals surface area (Å²) >= 11 is 0. The van der Waals surface area contributed by atoms with Crippen LogP contribution in [0.3, 0.4) is 0 Å². The number of nitrogens with one attached hydrogen (secondary N) is 1. The predicted molar refractivity (Wildman–Crippen MR) is 187 cm³/mol. The van der Waals surface area contributed by atoms with E-state index in [1.807, 2.05) is 78.8 Å². The van der Waals surface area contributed by atoms with Gasteiger partial charge < -0.3 is 24.1 Å². The predicted octanol–water partition coefficient (Wildman–Crippen LogP) is 9.51. The lowest BCUT2D eigenvalue weighted by molar-refractivity contribution is -0.301. The number of halogens is 2. The molecule has 3 aromatic carbocycles. The fourth-order valence-corrected chi connectivity index (χ4v) is 6.58. The zero-order chi connectivity index (χ0) is 35.5. The molecule has 1 aliphatic heterocycles. The van der Waals surface area contributed by atoms with Gasteiger partial charge in [-0.15, -0.1) is 0 Å². The topological polar surface area (TPSA) is 78.8 Å². The molecule has 2 heterocycles. The molecule has 0 saturated carbocycles. The minimum Gasteiger partial charge on any atom is -0.460 e. The van der Waals surface area contributed by atoms with Crippen molar-refractivity contribution in [3.63, 3.8) is 0 Å². The van der Waals surface area contributed by atoms with Gasteiger partial charge in [0.1, 0.15) is 17.2 Å². The minimum absolute atomic E-state index is 0.0995. The number of nitrogens with zero attached hydrogens (tertiary/aromatic N) is 1. The normalized spacial score (nSPS) is 17.6. The van der Waals surface area contributed by atoms with E-state index in [1.54, 1.807) is 12.1 Å². The Morgan fingerprint density at radius 3 is 2.08 bits per heavy atom. The molecule has 49 heavy (non-hydrogen) atoms. The molecule has 2 atom stereocenters. The van der Waals surface area contributed by atoms with Crippen LogP contribution in [0.5, 0.6) is 0 Å². The summed E-state index contributed by atoms with van der Waals surface area (Å²) in [4.78, 5) is 27.1. The average molecular weight is 673 g/mol. The molecule has 0 unspecified atom stereocenters. The lowest BCUT2D eigenvalue weighted by Crippen LogP contribution is -2.46. The zero-order valence-electron chi connectivity index (χ0n) is 29.3. The number of hydrogen-bond donors (Lipinski definition) is 1. The number of hydrogen-bond acceptors (Lipinski definition) is 5. The summed E-state index contributed by atoms with van der Waals surface area (Å²) in [6, 6.07) is 21.6. The van der Waals surface area contributed by atoms with Crippen LogP contribution in [0.4, 0.5) is 14.5 Å². The molecule has 1 N–H and O–H groups in total. The first-order valence-corrected chi connectivity index (χ1v) is 16.8. The molecule has 7 nitrogen and oxygen atoms in total. The molecular weight excluding hydrogens is 626 g/mol. The van der Waals surface area contributed by atoms with Crippen LogP contribution in [-0.2, 0) is 25.5 Å². The van der Waals surface area contributed by atoms with Crippen LogP contribution in [0.25, 0.3) is 22.4 Å². The molecule has 1 amide bonds. The number of rotatable bonds is 10. The SMILES string of the molecule is CC(C)c1c(C(=O)Nc2ccc(F)cc2)c(-c2ccccc2)c(-c2ccc(F)cc2)n1CC[C@@H]1C[C@H](CC(=O)OC(C)(C)C)OC(C)(C)O1. The van der Waals surface area contributed by atoms with Gasteiger partial charge in [-0.05, 0) is 107 Å². The fourth-order valence-electron chi connectivity index (χ4n) is 6.58. The van der Waals surface area contributed by atoms with Crippen LogP contribution in [0.2, 0.25) is 0 Å². The first-order chi connectivity index (χ1) is 23.1. The molecule has 9 heteroatoms. The van der Waals surface area contributed by atoms with Gasteiger partial charge in [0.15, 0.2) is 5.79 Å². The second-order valence-electron chi connectivity index (χ2n) is 14.3. The van der Waals surface area contributed by atoms with Crippen molar-refractivity contribution in [2.45, 2.75) is 104 Å². The molecule has 0 bridgehead atoms. The number of carbonyl (C=O) groups excluding carboxylic acids is 2. The van der Waals surface area contributed by atoms with Crippen molar-refractivity contribution in [3.8, 4) is 22.4 Å². The molecule has 1 fully saturated rings. The third-order valence-corrected chi connectivity index (χ3v) is 8.28. The number of esters is 1. The smallest absolute Gasteiger partial charge is 0.308 e. The van der Waals surface area contributed by atoms with Crippen molar-refractivity contribution in [1.82, 2.24) is 4.57 Å². The van der Waals surface area contributed by atoms with Gasteiger partial charge >= 0.3 is 5.97 Å². The van der Waals surface area contributed by atoms with Crippen LogP contribution in [-0.4, -0.2) is 40.0 Å². The Kier molecular flexibility index (Phi) is 10.7. The second-order valence-corrected chi connectivity index (χ2v) is 14.3. The number of carbonyl (C=O) groups is 2. The Bertz CT molecular complexity index is 1760. The van der Waals surface area contributed by atoms with Gasteiger partial charge in [-0.3, -0.25) is 9.59 Å². The quantitative estimate of drug-likeness (QED) is 0.170. The van der Waals surface area contributed by atoms with Crippen molar-refractivity contribution in [3.05, 3.63) is 102 Å². The largest absolute Gasteiger partial charge is 0.460 e. The van der Waals surface area contributed by atoms with Crippen LogP contribution in [0.15, 0.2) is 78.9 Å². The lowest BCUT2D eigenvalue weighted by atomic mass is 9.94. The number of anilines is 1. The first kappa shape index (κ1) is 36.0. The Hall–Kier alpha value is -4.34. The zero-order valence-corrected chi connectivity index (χ0v) is 29.3. The van der Waals surface area contributed by atoms with Crippen molar-refractivity contribution >= 4 is 17.6 Å². The van der Waals surface area contributed by atoms with E-state index in [9.17, 15) is 18.4 Å². The van der Waals surface area contributed by atoms with Gasteiger partial charge in [0.05, 0.1) is 29.9 Å². The Morgan fingerprint density at radius 1 is 0.898 bits per heavy atom. The average Bonchev–Trinajstić information content (AvgIpc) is 3.36. The molecule has 0 spiro atoms. The fraction of sp³-hybridized carbons (Fsp3) is 0.400. The highest BCUT2D eigenvalue weighted by molar-refractivity contribution is 6.12. The maximum absolute atomic E-state index is 14.3. The monoisotopic (exact) mass is 672 g/mol. The van der Waals surface area contributed by atoms with Crippen LogP contribution in [0.1, 0.15) is 89.7 Å². The highest BCUT2D eigenvalue weighted by Gasteiger charge is 2.38. The molecule has 4 aromatic rings. The first-order valence-electron chi connectivity index (χ1n) is 16.8. The molecule has 1 aromatic heterocycles. The number of ether oxygens (including phenoxy) is 3. The van der Waals surface area contributed by atoms with E-state index >= 15 is 0 Å². The van der Waals surface area contributed by atoms with E-state index in [0.717, 1.165) is 22.5 Å². The van der Waals surface area contributed by atoms with Crippen molar-refractivity contribution in [1.29, 1.82) is 0 Å². The molecule has 1 saturated heterocycles. The van der Waals surface area contributed by atoms with E-state index < -0.39 is 23.3 Å². The molecule has 5 rings (SSSR count). The van der Waals surface area contributed by atoms with Gasteiger partial charge in [0.2, 0.25) is 0 Å². The molecule has 0 radical (unpaired) electrons.